The van der Waals surface area contributed by atoms with E-state index in [1.165, 1.54) is 0 Å². The van der Waals surface area contributed by atoms with Gasteiger partial charge in [-0.15, -0.1) is 0 Å². The van der Waals surface area contributed by atoms with Crippen molar-refractivity contribution in [2.75, 3.05) is 17.2 Å². The van der Waals surface area contributed by atoms with Crippen LogP contribution in [-0.4, -0.2) is 17.5 Å². The van der Waals surface area contributed by atoms with Gasteiger partial charge in [-0.25, -0.2) is 0 Å². The molecular weight excluding hydrogens is 290 g/mol. The van der Waals surface area contributed by atoms with Gasteiger partial charge in [0.15, 0.2) is 6.61 Å². The van der Waals surface area contributed by atoms with Crippen molar-refractivity contribution >= 4 is 28.9 Å². The number of ether oxygens (including phenoxy) is 1. The van der Waals surface area contributed by atoms with Crippen LogP contribution in [0.4, 0.5) is 11.4 Å². The van der Waals surface area contributed by atoms with Crippen LogP contribution in [0.2, 0.25) is 5.02 Å². The molecule has 0 bridgehead atoms. The van der Waals surface area contributed by atoms with Gasteiger partial charge in [-0.1, -0.05) is 17.7 Å². The Morgan fingerprint density at radius 3 is 3.05 bits per heavy atom. The zero-order valence-electron chi connectivity index (χ0n) is 11.4. The third kappa shape index (κ3) is 2.92. The lowest BCUT2D eigenvalue weighted by atomic mass is 10.2. The van der Waals surface area contributed by atoms with E-state index in [1.807, 2.05) is 25.1 Å². The molecule has 1 aromatic heterocycles. The van der Waals surface area contributed by atoms with Gasteiger partial charge < -0.3 is 15.4 Å². The van der Waals surface area contributed by atoms with E-state index >= 15 is 0 Å². The van der Waals surface area contributed by atoms with Gasteiger partial charge in [-0.3, -0.25) is 9.78 Å². The van der Waals surface area contributed by atoms with Crippen LogP contribution in [0.5, 0.6) is 5.75 Å². The molecule has 1 aromatic carbocycles. The van der Waals surface area contributed by atoms with Crippen molar-refractivity contribution in [3.05, 3.63) is 47.2 Å². The Morgan fingerprint density at radius 2 is 2.29 bits per heavy atom. The third-order valence-corrected chi connectivity index (χ3v) is 3.52. The van der Waals surface area contributed by atoms with Crippen LogP contribution in [0, 0.1) is 0 Å². The molecule has 2 heterocycles. The molecule has 0 spiro atoms. The van der Waals surface area contributed by atoms with Crippen LogP contribution in [0.15, 0.2) is 36.5 Å². The zero-order chi connectivity index (χ0) is 14.8. The molecule has 6 heteroatoms. The van der Waals surface area contributed by atoms with Crippen LogP contribution >= 0.6 is 11.6 Å². The maximum absolute atomic E-state index is 11.3. The minimum absolute atomic E-state index is 0.0000633. The summed E-state index contributed by atoms with van der Waals surface area (Å²) >= 11 is 6.25. The third-order valence-electron chi connectivity index (χ3n) is 3.21. The molecule has 2 N–H and O–H groups in total. The van der Waals surface area contributed by atoms with E-state index in [0.717, 1.165) is 11.4 Å². The zero-order valence-corrected chi connectivity index (χ0v) is 12.1. The number of hydrogen-bond donors (Lipinski definition) is 2. The van der Waals surface area contributed by atoms with Crippen LogP contribution < -0.4 is 15.4 Å². The van der Waals surface area contributed by atoms with E-state index in [1.54, 1.807) is 18.3 Å². The van der Waals surface area contributed by atoms with Gasteiger partial charge in [-0.2, -0.15) is 0 Å². The number of benzene rings is 1. The van der Waals surface area contributed by atoms with E-state index in [4.69, 9.17) is 16.3 Å². The second-order valence-electron chi connectivity index (χ2n) is 4.79. The van der Waals surface area contributed by atoms with E-state index in [-0.39, 0.29) is 18.6 Å². The van der Waals surface area contributed by atoms with Crippen molar-refractivity contribution in [3.63, 3.8) is 0 Å². The maximum atomic E-state index is 11.3. The van der Waals surface area contributed by atoms with Crippen LogP contribution in [0.25, 0.3) is 0 Å². The molecule has 5 nitrogen and oxygen atoms in total. The Kier molecular flexibility index (Phi) is 3.66. The summed E-state index contributed by atoms with van der Waals surface area (Å²) in [5.74, 6) is 0.427. The van der Waals surface area contributed by atoms with Crippen molar-refractivity contribution in [1.82, 2.24) is 4.98 Å². The normalized spacial score (nSPS) is 14.7. The Labute approximate surface area is 127 Å². The van der Waals surface area contributed by atoms with Crippen molar-refractivity contribution in [2.24, 2.45) is 0 Å². The molecule has 1 aliphatic rings. The van der Waals surface area contributed by atoms with Crippen molar-refractivity contribution in [3.8, 4) is 5.75 Å². The fourth-order valence-electron chi connectivity index (χ4n) is 2.15. The lowest BCUT2D eigenvalue weighted by Crippen LogP contribution is -2.25. The minimum atomic E-state index is -0.180. The van der Waals surface area contributed by atoms with Crippen molar-refractivity contribution < 1.29 is 9.53 Å². The quantitative estimate of drug-likeness (QED) is 0.913. The topological polar surface area (TPSA) is 63.2 Å². The first-order valence-corrected chi connectivity index (χ1v) is 6.95. The van der Waals surface area contributed by atoms with Crippen molar-refractivity contribution in [1.29, 1.82) is 0 Å². The molecule has 0 saturated heterocycles. The molecule has 0 fully saturated rings. The van der Waals surface area contributed by atoms with Crippen molar-refractivity contribution in [2.45, 2.75) is 13.0 Å². The first-order chi connectivity index (χ1) is 10.1. The smallest absolute Gasteiger partial charge is 0.262 e. The molecule has 1 unspecified atom stereocenters. The number of anilines is 2. The van der Waals surface area contributed by atoms with Gasteiger partial charge in [0.25, 0.3) is 5.91 Å². The number of nitrogens with zero attached hydrogens (tertiary/aromatic N) is 1. The molecule has 1 atom stereocenters. The number of rotatable bonds is 3. The number of carbonyl (C=O) groups excluding carboxylic acids is 1. The van der Waals surface area contributed by atoms with E-state index < -0.39 is 0 Å². The largest absolute Gasteiger partial charge is 0.482 e. The Morgan fingerprint density at radius 1 is 1.43 bits per heavy atom. The lowest BCUT2D eigenvalue weighted by Gasteiger charge is -2.21. The predicted octanol–water partition coefficient (Wildman–Crippen LogP) is 3.24. The molecule has 0 radical (unpaired) electrons. The molecule has 0 saturated carbocycles. The summed E-state index contributed by atoms with van der Waals surface area (Å²) in [6.45, 7) is 2.02. The standard InChI is InChI=1S/C15H14ClN3O2/c1-9(11-4-2-3-5-17-11)18-12-7-14-13(6-10(12)16)19-15(20)8-21-14/h2-7,9,18H,8H2,1H3,(H,19,20). The van der Waals surface area contributed by atoms with Gasteiger partial charge in [-0.05, 0) is 25.1 Å². The highest BCUT2D eigenvalue weighted by atomic mass is 35.5. The monoisotopic (exact) mass is 303 g/mol. The van der Waals surface area contributed by atoms with Crippen LogP contribution in [0.1, 0.15) is 18.7 Å². The Bertz CT molecular complexity index is 676. The van der Waals surface area contributed by atoms with E-state index in [9.17, 15) is 4.79 Å². The van der Waals surface area contributed by atoms with Crippen LogP contribution in [0.3, 0.4) is 0 Å². The second-order valence-corrected chi connectivity index (χ2v) is 5.19. The summed E-state index contributed by atoms with van der Waals surface area (Å²) in [6, 6.07) is 9.23. The molecule has 1 amide bonds. The number of hydrogen-bond acceptors (Lipinski definition) is 4. The van der Waals surface area contributed by atoms with Gasteiger partial charge in [0, 0.05) is 12.3 Å². The molecule has 1 aliphatic heterocycles. The minimum Gasteiger partial charge on any atom is -0.482 e. The van der Waals surface area contributed by atoms with E-state index in [2.05, 4.69) is 15.6 Å². The number of fused-ring (bicyclic) bond motifs is 1. The highest BCUT2D eigenvalue weighted by molar-refractivity contribution is 6.33. The summed E-state index contributed by atoms with van der Waals surface area (Å²) < 4.78 is 5.39. The van der Waals surface area contributed by atoms with Gasteiger partial charge in [0.05, 0.1) is 28.1 Å². The summed E-state index contributed by atoms with van der Waals surface area (Å²) in [7, 11) is 0. The Hall–Kier alpha value is -2.27. The first-order valence-electron chi connectivity index (χ1n) is 6.57. The number of pyridine rings is 1. The van der Waals surface area contributed by atoms with Gasteiger partial charge >= 0.3 is 0 Å². The summed E-state index contributed by atoms with van der Waals surface area (Å²) in [4.78, 5) is 15.6. The summed E-state index contributed by atoms with van der Waals surface area (Å²) in [5.41, 5.74) is 2.25. The van der Waals surface area contributed by atoms with Gasteiger partial charge in [0.1, 0.15) is 5.75 Å². The molecule has 21 heavy (non-hydrogen) atoms. The summed E-state index contributed by atoms with van der Waals surface area (Å²) in [5, 5.41) is 6.54. The number of carbonyl (C=O) groups is 1. The van der Waals surface area contributed by atoms with Gasteiger partial charge in [0.2, 0.25) is 0 Å². The first kappa shape index (κ1) is 13.7. The fourth-order valence-corrected chi connectivity index (χ4v) is 2.37. The Balaban J connectivity index is 1.84. The highest BCUT2D eigenvalue weighted by Crippen LogP contribution is 2.37. The fraction of sp³-hybridized carbons (Fsp3) is 0.200. The number of nitrogens with one attached hydrogen (secondary N) is 2. The van der Waals surface area contributed by atoms with E-state index in [0.29, 0.717) is 16.5 Å². The second kappa shape index (κ2) is 5.61. The number of amides is 1. The SMILES string of the molecule is CC(Nc1cc2c(cc1Cl)NC(=O)CO2)c1ccccn1. The molecule has 0 aliphatic carbocycles. The number of aromatic nitrogens is 1. The van der Waals surface area contributed by atoms with Crippen LogP contribution in [-0.2, 0) is 4.79 Å². The average molecular weight is 304 g/mol. The molecule has 3 rings (SSSR count). The molecular formula is C15H14ClN3O2. The maximum Gasteiger partial charge on any atom is 0.262 e. The predicted molar refractivity (Wildman–Crippen MR) is 81.9 cm³/mol. The average Bonchev–Trinajstić information content (AvgIpc) is 2.49. The highest BCUT2D eigenvalue weighted by Gasteiger charge is 2.19. The molecule has 2 aromatic rings. The summed E-state index contributed by atoms with van der Waals surface area (Å²) in [6.07, 6.45) is 1.75. The lowest BCUT2D eigenvalue weighted by molar-refractivity contribution is -0.118. The number of halogens is 1. The molecule has 108 valence electrons.